The minimum absolute atomic E-state index is 0.139. The minimum atomic E-state index is -1.63. The van der Waals surface area contributed by atoms with Crippen molar-refractivity contribution >= 4 is 17.9 Å². The molecule has 0 rings (SSSR count). The number of quaternary nitrogens is 1. The number of esters is 2. The summed E-state index contributed by atoms with van der Waals surface area (Å²) in [7, 11) is 5.91. The van der Waals surface area contributed by atoms with E-state index < -0.39 is 24.3 Å². The van der Waals surface area contributed by atoms with Gasteiger partial charge in [0.25, 0.3) is 0 Å². The summed E-state index contributed by atoms with van der Waals surface area (Å²) in [4.78, 5) is 37.4. The lowest BCUT2D eigenvalue weighted by Gasteiger charge is -2.26. The number of likely N-dealkylation sites (N-methyl/N-ethyl adjacent to an activating group) is 1. The van der Waals surface area contributed by atoms with Gasteiger partial charge in [0.05, 0.1) is 40.3 Å². The molecule has 0 aromatic heterocycles. The second-order valence-electron chi connectivity index (χ2n) is 22.3. The minimum Gasteiger partial charge on any atom is -0.545 e. The normalized spacial score (nSPS) is 13.5. The Bertz CT molecular complexity index is 1660. The zero-order valence-corrected chi connectivity index (χ0v) is 51.5. The molecule has 0 aliphatic carbocycles. The highest BCUT2D eigenvalue weighted by Gasteiger charge is 2.22. The van der Waals surface area contributed by atoms with E-state index in [0.29, 0.717) is 17.4 Å². The van der Waals surface area contributed by atoms with Gasteiger partial charge in [-0.25, -0.2) is 0 Å². The zero-order chi connectivity index (χ0) is 57.6. The van der Waals surface area contributed by atoms with Gasteiger partial charge in [-0.15, -0.1) is 0 Å². The fraction of sp³-hybridized carbons (Fsp3) is 0.700. The molecule has 452 valence electrons. The Morgan fingerprint density at radius 1 is 0.392 bits per heavy atom. The van der Waals surface area contributed by atoms with Gasteiger partial charge >= 0.3 is 11.9 Å². The Hall–Kier alpha value is -4.05. The van der Waals surface area contributed by atoms with Crippen LogP contribution in [0.1, 0.15) is 258 Å². The maximum atomic E-state index is 12.9. The molecule has 0 saturated carbocycles. The molecule has 0 saturated heterocycles. The molecular formula is C70H119NO8. The molecule has 0 aromatic carbocycles. The van der Waals surface area contributed by atoms with Crippen LogP contribution in [0, 0.1) is 0 Å². The van der Waals surface area contributed by atoms with E-state index in [2.05, 4.69) is 123 Å². The van der Waals surface area contributed by atoms with Crippen molar-refractivity contribution in [3.05, 3.63) is 109 Å². The second-order valence-corrected chi connectivity index (χ2v) is 22.3. The quantitative estimate of drug-likeness (QED) is 0.0195. The standard InChI is InChI=1S/C70H119NO8/c1-6-8-10-12-14-16-18-20-22-24-26-28-29-30-31-32-33-34-35-36-37-38-39-41-43-45-47-49-51-53-55-57-59-61-68(73)79-66(65-78-70(69(74)75)76-63-62-71(3,4)5)64-77-67(72)60-58-56-54-52-50-48-46-44-42-40-27-25-23-21-19-17-15-13-11-9-7-2/h8,10,14,16,20,22,26,28,30-31,33-34,36-37,39,41,45,47,66,70H,6-7,9,11-13,15,17-19,21,23-25,27,29,32,35,38,40,42-44,46,48-65H2,1-5H3/b10-8-,16-14-,22-20-,28-26-,31-30-,34-33-,37-36-,41-39-,47-45-. The van der Waals surface area contributed by atoms with E-state index in [1.54, 1.807) is 0 Å². The number of carboxylic acid groups (broad SMARTS) is 1. The van der Waals surface area contributed by atoms with Gasteiger partial charge in [-0.3, -0.25) is 9.59 Å². The summed E-state index contributed by atoms with van der Waals surface area (Å²) >= 11 is 0. The van der Waals surface area contributed by atoms with Gasteiger partial charge in [0.1, 0.15) is 13.2 Å². The first kappa shape index (κ1) is 75.0. The number of nitrogens with zero attached hydrogens (tertiary/aromatic N) is 1. The maximum Gasteiger partial charge on any atom is 0.306 e. The van der Waals surface area contributed by atoms with Crippen LogP contribution < -0.4 is 5.11 Å². The average Bonchev–Trinajstić information content (AvgIpc) is 3.42. The number of carboxylic acids is 1. The van der Waals surface area contributed by atoms with Crippen LogP contribution in [-0.4, -0.2) is 82.3 Å². The summed E-state index contributed by atoms with van der Waals surface area (Å²) in [5, 5.41) is 11.8. The van der Waals surface area contributed by atoms with Gasteiger partial charge in [0, 0.05) is 12.8 Å². The molecule has 0 aliphatic rings. The molecule has 9 nitrogen and oxygen atoms in total. The van der Waals surface area contributed by atoms with Crippen molar-refractivity contribution in [2.75, 3.05) is 47.5 Å². The van der Waals surface area contributed by atoms with Crippen LogP contribution in [0.25, 0.3) is 0 Å². The lowest BCUT2D eigenvalue weighted by Crippen LogP contribution is -2.44. The number of hydrogen-bond donors (Lipinski definition) is 0. The highest BCUT2D eigenvalue weighted by molar-refractivity contribution is 5.70. The summed E-state index contributed by atoms with van der Waals surface area (Å²) in [6.07, 6.45) is 80.0. The molecule has 0 fully saturated rings. The van der Waals surface area contributed by atoms with Crippen LogP contribution >= 0.6 is 0 Å². The van der Waals surface area contributed by atoms with Crippen LogP contribution in [0.5, 0.6) is 0 Å². The fourth-order valence-electron chi connectivity index (χ4n) is 8.65. The fourth-order valence-corrected chi connectivity index (χ4v) is 8.65. The molecular weight excluding hydrogens is 983 g/mol. The summed E-state index contributed by atoms with van der Waals surface area (Å²) < 4.78 is 22.7. The third-order valence-electron chi connectivity index (χ3n) is 13.5. The maximum absolute atomic E-state index is 12.9. The van der Waals surface area contributed by atoms with Gasteiger partial charge in [-0.05, 0) is 83.5 Å². The van der Waals surface area contributed by atoms with Gasteiger partial charge in [0.15, 0.2) is 12.4 Å². The Kier molecular flexibility index (Phi) is 57.0. The van der Waals surface area contributed by atoms with Gasteiger partial charge in [-0.2, -0.15) is 0 Å². The van der Waals surface area contributed by atoms with Crippen LogP contribution in [0.15, 0.2) is 109 Å². The lowest BCUT2D eigenvalue weighted by molar-refractivity contribution is -0.870. The van der Waals surface area contributed by atoms with E-state index in [4.69, 9.17) is 18.9 Å². The second kappa shape index (κ2) is 60.1. The molecule has 0 radical (unpaired) electrons. The molecule has 0 bridgehead atoms. The van der Waals surface area contributed by atoms with Crippen LogP contribution in [-0.2, 0) is 33.3 Å². The molecule has 9 heteroatoms. The molecule has 0 aromatic rings. The van der Waals surface area contributed by atoms with Crippen molar-refractivity contribution in [3.8, 4) is 0 Å². The van der Waals surface area contributed by atoms with E-state index >= 15 is 0 Å². The highest BCUT2D eigenvalue weighted by atomic mass is 16.7. The van der Waals surface area contributed by atoms with Crippen molar-refractivity contribution in [2.45, 2.75) is 270 Å². The van der Waals surface area contributed by atoms with E-state index in [0.717, 1.165) is 109 Å². The smallest absolute Gasteiger partial charge is 0.306 e. The van der Waals surface area contributed by atoms with E-state index in [1.807, 2.05) is 21.1 Å². The Morgan fingerprint density at radius 3 is 1.08 bits per heavy atom. The Balaban J connectivity index is 4.26. The zero-order valence-electron chi connectivity index (χ0n) is 51.5. The van der Waals surface area contributed by atoms with Crippen LogP contribution in [0.2, 0.25) is 0 Å². The topological polar surface area (TPSA) is 111 Å². The largest absolute Gasteiger partial charge is 0.545 e. The molecule has 2 unspecified atom stereocenters. The highest BCUT2D eigenvalue weighted by Crippen LogP contribution is 2.16. The van der Waals surface area contributed by atoms with Gasteiger partial charge in [-0.1, -0.05) is 271 Å². The Morgan fingerprint density at radius 2 is 0.722 bits per heavy atom. The van der Waals surface area contributed by atoms with Crippen LogP contribution in [0.4, 0.5) is 0 Å². The van der Waals surface area contributed by atoms with E-state index in [9.17, 15) is 19.5 Å². The van der Waals surface area contributed by atoms with E-state index in [1.165, 1.54) is 116 Å². The molecule has 0 spiro atoms. The van der Waals surface area contributed by atoms with E-state index in [-0.39, 0.29) is 38.6 Å². The molecule has 0 amide bonds. The van der Waals surface area contributed by atoms with Crippen molar-refractivity contribution in [1.29, 1.82) is 0 Å². The third-order valence-corrected chi connectivity index (χ3v) is 13.5. The number of aliphatic carboxylic acids is 1. The van der Waals surface area contributed by atoms with Crippen molar-refractivity contribution in [1.82, 2.24) is 0 Å². The summed E-state index contributed by atoms with van der Waals surface area (Å²) in [5.74, 6) is -2.31. The summed E-state index contributed by atoms with van der Waals surface area (Å²) in [6.45, 7) is 4.63. The molecule has 2 atom stereocenters. The summed E-state index contributed by atoms with van der Waals surface area (Å²) in [5.41, 5.74) is 0. The SMILES string of the molecule is CC/C=C\C/C=C\C/C=C\C/C=C\C/C=C\C/C=C\C/C=C\C/C=C\C/C=C\CCCCCCCC(=O)OC(COC(=O)CCCCCCCCCCCCCCCCCCCCCCC)COC(OCC[N+](C)(C)C)C(=O)[O-]. The number of ether oxygens (including phenoxy) is 4. The number of hydrogen-bond acceptors (Lipinski definition) is 8. The van der Waals surface area contributed by atoms with Gasteiger partial charge in [0.2, 0.25) is 0 Å². The number of allylic oxidation sites excluding steroid dienone is 18. The lowest BCUT2D eigenvalue weighted by atomic mass is 10.0. The monoisotopic (exact) mass is 1100 g/mol. The van der Waals surface area contributed by atoms with Crippen molar-refractivity contribution in [3.63, 3.8) is 0 Å². The number of carbonyl (C=O) groups excluding carboxylic acids is 3. The number of unbranched alkanes of at least 4 members (excludes halogenated alkanes) is 25. The number of rotatable bonds is 58. The molecule has 0 heterocycles. The third kappa shape index (κ3) is 61.4. The first-order valence-corrected chi connectivity index (χ1v) is 32.0. The summed E-state index contributed by atoms with van der Waals surface area (Å²) in [6, 6.07) is 0. The number of carbonyl (C=O) groups is 3. The first-order chi connectivity index (χ1) is 38.6. The first-order valence-electron chi connectivity index (χ1n) is 32.0. The van der Waals surface area contributed by atoms with Gasteiger partial charge < -0.3 is 33.3 Å². The van der Waals surface area contributed by atoms with Crippen molar-refractivity contribution < 1.29 is 42.9 Å². The molecule has 0 N–H and O–H groups in total. The average molecular weight is 1100 g/mol. The molecule has 79 heavy (non-hydrogen) atoms. The van der Waals surface area contributed by atoms with Crippen molar-refractivity contribution in [2.24, 2.45) is 0 Å². The predicted octanol–water partition coefficient (Wildman–Crippen LogP) is 18.1. The Labute approximate surface area is 485 Å². The predicted molar refractivity (Wildman–Crippen MR) is 333 cm³/mol. The van der Waals surface area contributed by atoms with Crippen LogP contribution in [0.3, 0.4) is 0 Å². The molecule has 0 aliphatic heterocycles.